The van der Waals surface area contributed by atoms with E-state index in [1.54, 1.807) is 0 Å². The molecule has 1 aromatic rings. The van der Waals surface area contributed by atoms with Crippen LogP contribution < -0.4 is 15.5 Å². The molecule has 0 radical (unpaired) electrons. The second-order valence-electron chi connectivity index (χ2n) is 9.36. The lowest BCUT2D eigenvalue weighted by molar-refractivity contribution is -0.126. The predicted molar refractivity (Wildman–Crippen MR) is 122 cm³/mol. The molecule has 1 saturated carbocycles. The number of nitrogens with zero attached hydrogens (tertiary/aromatic N) is 2. The molecule has 6 nitrogen and oxygen atoms in total. The summed E-state index contributed by atoms with van der Waals surface area (Å²) in [6.07, 6.45) is 3.55. The van der Waals surface area contributed by atoms with Gasteiger partial charge in [-0.15, -0.1) is 0 Å². The summed E-state index contributed by atoms with van der Waals surface area (Å²) in [6.45, 7) is 12.6. The van der Waals surface area contributed by atoms with Gasteiger partial charge in [-0.05, 0) is 71.2 Å². The Hall–Kier alpha value is -2.08. The zero-order chi connectivity index (χ0) is 21.7. The van der Waals surface area contributed by atoms with Gasteiger partial charge in [0, 0.05) is 61.5 Å². The van der Waals surface area contributed by atoms with Gasteiger partial charge >= 0.3 is 0 Å². The summed E-state index contributed by atoms with van der Waals surface area (Å²) in [5, 5.41) is 6.16. The Morgan fingerprint density at radius 2 is 1.63 bits per heavy atom. The number of piperazine rings is 1. The third kappa shape index (κ3) is 5.97. The minimum absolute atomic E-state index is 0.00154. The summed E-state index contributed by atoms with van der Waals surface area (Å²) in [6, 6.07) is 8.77. The van der Waals surface area contributed by atoms with Crippen molar-refractivity contribution in [2.45, 2.75) is 71.5 Å². The van der Waals surface area contributed by atoms with E-state index in [4.69, 9.17) is 0 Å². The first-order valence-electron chi connectivity index (χ1n) is 11.5. The van der Waals surface area contributed by atoms with Crippen molar-refractivity contribution in [2.24, 2.45) is 5.92 Å². The highest BCUT2D eigenvalue weighted by atomic mass is 16.2. The van der Waals surface area contributed by atoms with Crippen molar-refractivity contribution in [1.82, 2.24) is 15.5 Å². The number of amides is 2. The summed E-state index contributed by atoms with van der Waals surface area (Å²) in [7, 11) is 0. The van der Waals surface area contributed by atoms with E-state index in [2.05, 4.69) is 46.4 Å². The van der Waals surface area contributed by atoms with Gasteiger partial charge in [0.15, 0.2) is 0 Å². The van der Waals surface area contributed by atoms with E-state index in [9.17, 15) is 9.59 Å². The van der Waals surface area contributed by atoms with E-state index < -0.39 is 0 Å². The van der Waals surface area contributed by atoms with Crippen molar-refractivity contribution in [2.75, 3.05) is 31.1 Å². The maximum atomic E-state index is 12.7. The van der Waals surface area contributed by atoms with Gasteiger partial charge in [-0.25, -0.2) is 0 Å². The van der Waals surface area contributed by atoms with Gasteiger partial charge in [0.1, 0.15) is 0 Å². The Labute approximate surface area is 181 Å². The molecule has 1 heterocycles. The fourth-order valence-corrected chi connectivity index (χ4v) is 4.55. The van der Waals surface area contributed by atoms with Crippen molar-refractivity contribution in [3.8, 4) is 0 Å². The molecule has 1 aliphatic heterocycles. The maximum Gasteiger partial charge on any atom is 0.251 e. The van der Waals surface area contributed by atoms with Gasteiger partial charge in [0.2, 0.25) is 5.91 Å². The summed E-state index contributed by atoms with van der Waals surface area (Å²) in [5.41, 5.74) is 1.87. The second kappa shape index (κ2) is 10.3. The first-order chi connectivity index (χ1) is 14.3. The minimum atomic E-state index is -0.0407. The van der Waals surface area contributed by atoms with E-state index >= 15 is 0 Å². The van der Waals surface area contributed by atoms with Gasteiger partial charge in [0.25, 0.3) is 5.91 Å². The van der Waals surface area contributed by atoms with Crippen LogP contribution >= 0.6 is 0 Å². The lowest BCUT2D eigenvalue weighted by atomic mass is 9.85. The molecule has 1 aliphatic carbocycles. The van der Waals surface area contributed by atoms with Crippen LogP contribution in [0.25, 0.3) is 0 Å². The Morgan fingerprint density at radius 1 is 0.967 bits per heavy atom. The molecule has 6 heteroatoms. The molecular formula is C24H38N4O2. The number of carbonyl (C=O) groups is 2. The van der Waals surface area contributed by atoms with Crippen molar-refractivity contribution in [1.29, 1.82) is 0 Å². The van der Waals surface area contributed by atoms with Gasteiger partial charge in [-0.2, -0.15) is 0 Å². The molecule has 3 rings (SSSR count). The third-order valence-electron chi connectivity index (χ3n) is 6.35. The fraction of sp³-hybridized carbons (Fsp3) is 0.667. The van der Waals surface area contributed by atoms with Crippen molar-refractivity contribution in [3.63, 3.8) is 0 Å². The molecule has 2 aliphatic rings. The topological polar surface area (TPSA) is 64.7 Å². The molecule has 0 bridgehead atoms. The highest BCUT2D eigenvalue weighted by molar-refractivity contribution is 5.94. The molecule has 2 N–H and O–H groups in total. The molecule has 0 spiro atoms. The summed E-state index contributed by atoms with van der Waals surface area (Å²) < 4.78 is 0. The quantitative estimate of drug-likeness (QED) is 0.751. The van der Waals surface area contributed by atoms with Crippen molar-refractivity contribution >= 4 is 17.5 Å². The number of anilines is 1. The molecule has 166 valence electrons. The second-order valence-corrected chi connectivity index (χ2v) is 9.36. The van der Waals surface area contributed by atoms with Crippen LogP contribution in [0.15, 0.2) is 24.3 Å². The number of rotatable bonds is 6. The number of hydrogen-bond donors (Lipinski definition) is 2. The van der Waals surface area contributed by atoms with Crippen LogP contribution in [0.4, 0.5) is 5.69 Å². The normalized spacial score (nSPS) is 22.9. The van der Waals surface area contributed by atoms with Gasteiger partial charge in [-0.1, -0.05) is 6.42 Å². The molecule has 2 unspecified atom stereocenters. The smallest absolute Gasteiger partial charge is 0.251 e. The van der Waals surface area contributed by atoms with Crippen LogP contribution in [0, 0.1) is 5.92 Å². The van der Waals surface area contributed by atoms with E-state index in [0.29, 0.717) is 11.6 Å². The first-order valence-corrected chi connectivity index (χ1v) is 11.5. The SMILES string of the molecule is CC(C)NC(=O)C1CCCC(NC(=O)c2ccc(N3CCN(C(C)C)CC3)cc2)C1. The summed E-state index contributed by atoms with van der Waals surface area (Å²) in [4.78, 5) is 30.0. The van der Waals surface area contributed by atoms with Gasteiger partial charge in [0.05, 0.1) is 0 Å². The summed E-state index contributed by atoms with van der Waals surface area (Å²) in [5.74, 6) is 0.0743. The van der Waals surface area contributed by atoms with E-state index in [1.807, 2.05) is 26.0 Å². The fourth-order valence-electron chi connectivity index (χ4n) is 4.55. The summed E-state index contributed by atoms with van der Waals surface area (Å²) >= 11 is 0. The molecule has 1 saturated heterocycles. The first kappa shape index (κ1) is 22.6. The van der Waals surface area contributed by atoms with Crippen LogP contribution in [0.2, 0.25) is 0 Å². The maximum absolute atomic E-state index is 12.7. The molecule has 2 fully saturated rings. The van der Waals surface area contributed by atoms with Crippen molar-refractivity contribution < 1.29 is 9.59 Å². The van der Waals surface area contributed by atoms with Crippen LogP contribution in [-0.2, 0) is 4.79 Å². The van der Waals surface area contributed by atoms with E-state index in [-0.39, 0.29) is 29.8 Å². The molecule has 2 amide bonds. The van der Waals surface area contributed by atoms with Gasteiger partial charge in [-0.3, -0.25) is 14.5 Å². The average Bonchev–Trinajstić information content (AvgIpc) is 2.73. The van der Waals surface area contributed by atoms with Crippen molar-refractivity contribution in [3.05, 3.63) is 29.8 Å². The highest BCUT2D eigenvalue weighted by Crippen LogP contribution is 2.25. The van der Waals surface area contributed by atoms with Crippen LogP contribution in [0.1, 0.15) is 63.7 Å². The zero-order valence-electron chi connectivity index (χ0n) is 19.0. The number of benzene rings is 1. The van der Waals surface area contributed by atoms with E-state index in [1.165, 1.54) is 5.69 Å². The van der Waals surface area contributed by atoms with Crippen LogP contribution in [-0.4, -0.2) is 61.0 Å². The monoisotopic (exact) mass is 414 g/mol. The molecule has 30 heavy (non-hydrogen) atoms. The average molecular weight is 415 g/mol. The standard InChI is InChI=1S/C24H38N4O2/c1-17(2)25-24(30)20-6-5-7-21(16-20)26-23(29)19-8-10-22(11-9-19)28-14-12-27(13-15-28)18(3)4/h8-11,17-18,20-21H,5-7,12-16H2,1-4H3,(H,25,30)(H,26,29). The molecule has 1 aromatic carbocycles. The Morgan fingerprint density at radius 3 is 2.23 bits per heavy atom. The van der Waals surface area contributed by atoms with E-state index in [0.717, 1.165) is 51.9 Å². The molecule has 2 atom stereocenters. The lowest BCUT2D eigenvalue weighted by Gasteiger charge is -2.38. The number of nitrogens with one attached hydrogen (secondary N) is 2. The number of carbonyl (C=O) groups excluding carboxylic acids is 2. The van der Waals surface area contributed by atoms with Crippen LogP contribution in [0.5, 0.6) is 0 Å². The third-order valence-corrected chi connectivity index (χ3v) is 6.35. The Bertz CT molecular complexity index is 708. The Kier molecular flexibility index (Phi) is 7.75. The molecule has 0 aromatic heterocycles. The van der Waals surface area contributed by atoms with Crippen LogP contribution in [0.3, 0.4) is 0 Å². The van der Waals surface area contributed by atoms with Gasteiger partial charge < -0.3 is 15.5 Å². The predicted octanol–water partition coefficient (Wildman–Crippen LogP) is 3.03. The molecular weight excluding hydrogens is 376 g/mol. The largest absolute Gasteiger partial charge is 0.369 e. The zero-order valence-corrected chi connectivity index (χ0v) is 19.0. The Balaban J connectivity index is 1.52. The number of hydrogen-bond acceptors (Lipinski definition) is 4. The highest BCUT2D eigenvalue weighted by Gasteiger charge is 2.28. The minimum Gasteiger partial charge on any atom is -0.369 e. The lowest BCUT2D eigenvalue weighted by Crippen LogP contribution is -2.48.